The molecule has 1 aromatic carbocycles. The number of rotatable bonds is 9. The highest BCUT2D eigenvalue weighted by Gasteiger charge is 2.27. The molecule has 3 aromatic rings. The highest BCUT2D eigenvalue weighted by atomic mass is 35.5. The first kappa shape index (κ1) is 22.0. The minimum Gasteiger partial charge on any atom is -0.352 e. The van der Waals surface area contributed by atoms with Gasteiger partial charge in [0.05, 0.1) is 28.2 Å². The Bertz CT molecular complexity index is 1080. The van der Waals surface area contributed by atoms with E-state index in [2.05, 4.69) is 20.5 Å². The molecule has 0 radical (unpaired) electrons. The molecule has 7 nitrogen and oxygen atoms in total. The number of amides is 2. The maximum Gasteiger partial charge on any atom is 0.252 e. The van der Waals surface area contributed by atoms with Crippen molar-refractivity contribution < 1.29 is 9.59 Å². The summed E-state index contributed by atoms with van der Waals surface area (Å²) in [5, 5.41) is 10.1. The fraction of sp³-hybridized carbons (Fsp3) is 0.333. The van der Waals surface area contributed by atoms with Crippen molar-refractivity contribution in [1.29, 1.82) is 0 Å². The molecule has 8 heteroatoms. The number of nitrogens with zero attached hydrogens (tertiary/aromatic N) is 3. The van der Waals surface area contributed by atoms with Crippen molar-refractivity contribution in [2.45, 2.75) is 32.6 Å². The monoisotopic (exact) mass is 451 g/mol. The van der Waals surface area contributed by atoms with E-state index in [1.165, 1.54) is 0 Å². The van der Waals surface area contributed by atoms with Crippen molar-refractivity contribution in [1.82, 2.24) is 20.5 Å². The SMILES string of the molecule is CC(=O)N(CC1CC1)c1ccc(-c2ccc(C(=O)NCCCc3cn[nH]c3)cn2)cc1Cl. The molecule has 2 heterocycles. The fourth-order valence-corrected chi connectivity index (χ4v) is 3.83. The van der Waals surface area contributed by atoms with Gasteiger partial charge < -0.3 is 10.2 Å². The molecular formula is C24H26ClN5O2. The van der Waals surface area contributed by atoms with E-state index in [0.717, 1.165) is 42.5 Å². The number of pyridine rings is 1. The van der Waals surface area contributed by atoms with Crippen LogP contribution in [0.3, 0.4) is 0 Å². The molecule has 166 valence electrons. The van der Waals surface area contributed by atoms with Crippen LogP contribution in [0, 0.1) is 5.92 Å². The topological polar surface area (TPSA) is 91.0 Å². The van der Waals surface area contributed by atoms with Gasteiger partial charge in [0.25, 0.3) is 5.91 Å². The Hall–Kier alpha value is -3.19. The van der Waals surface area contributed by atoms with E-state index in [0.29, 0.717) is 35.3 Å². The van der Waals surface area contributed by atoms with Crippen LogP contribution < -0.4 is 10.2 Å². The minimum absolute atomic E-state index is 0.00944. The number of hydrogen-bond acceptors (Lipinski definition) is 4. The van der Waals surface area contributed by atoms with Crippen LogP contribution in [0.5, 0.6) is 0 Å². The Balaban J connectivity index is 1.37. The maximum atomic E-state index is 12.4. The van der Waals surface area contributed by atoms with Crippen molar-refractivity contribution in [3.05, 3.63) is 65.1 Å². The molecule has 1 fully saturated rings. The van der Waals surface area contributed by atoms with E-state index < -0.39 is 0 Å². The number of benzene rings is 1. The molecule has 4 rings (SSSR count). The van der Waals surface area contributed by atoms with Crippen molar-refractivity contribution in [3.8, 4) is 11.3 Å². The third kappa shape index (κ3) is 5.53. The lowest BCUT2D eigenvalue weighted by atomic mass is 10.1. The zero-order valence-corrected chi connectivity index (χ0v) is 18.7. The number of aromatic amines is 1. The first-order chi connectivity index (χ1) is 15.5. The van der Waals surface area contributed by atoms with Gasteiger partial charge >= 0.3 is 0 Å². The van der Waals surface area contributed by atoms with Gasteiger partial charge in [-0.3, -0.25) is 19.7 Å². The molecule has 0 saturated heterocycles. The van der Waals surface area contributed by atoms with Crippen molar-refractivity contribution in [3.63, 3.8) is 0 Å². The van der Waals surface area contributed by atoms with E-state index in [1.807, 2.05) is 24.4 Å². The predicted octanol–water partition coefficient (Wildman–Crippen LogP) is 4.25. The highest BCUT2D eigenvalue weighted by Crippen LogP contribution is 2.35. The molecule has 2 aromatic heterocycles. The first-order valence-electron chi connectivity index (χ1n) is 10.8. The predicted molar refractivity (Wildman–Crippen MR) is 125 cm³/mol. The Labute approximate surface area is 192 Å². The Morgan fingerprint density at radius 3 is 2.69 bits per heavy atom. The van der Waals surface area contributed by atoms with Crippen molar-refractivity contribution >= 4 is 29.1 Å². The van der Waals surface area contributed by atoms with Crippen LogP contribution in [0.2, 0.25) is 5.02 Å². The second-order valence-electron chi connectivity index (χ2n) is 8.14. The van der Waals surface area contributed by atoms with E-state index >= 15 is 0 Å². The average Bonchev–Trinajstić information content (AvgIpc) is 3.47. The van der Waals surface area contributed by atoms with E-state index in [9.17, 15) is 9.59 Å². The number of carbonyl (C=O) groups is 2. The third-order valence-corrected chi connectivity index (χ3v) is 5.86. The molecular weight excluding hydrogens is 426 g/mol. The molecule has 1 saturated carbocycles. The van der Waals surface area contributed by atoms with Crippen LogP contribution in [0.4, 0.5) is 5.69 Å². The van der Waals surface area contributed by atoms with Crippen LogP contribution in [-0.2, 0) is 11.2 Å². The Morgan fingerprint density at radius 1 is 1.22 bits per heavy atom. The number of H-pyrrole nitrogens is 1. The maximum absolute atomic E-state index is 12.4. The van der Waals surface area contributed by atoms with Gasteiger partial charge in [-0.2, -0.15) is 5.10 Å². The zero-order valence-electron chi connectivity index (χ0n) is 18.0. The lowest BCUT2D eigenvalue weighted by Gasteiger charge is -2.22. The van der Waals surface area contributed by atoms with Crippen molar-refractivity contribution in [2.75, 3.05) is 18.0 Å². The number of aromatic nitrogens is 3. The van der Waals surface area contributed by atoms with Gasteiger partial charge in [0.1, 0.15) is 0 Å². The lowest BCUT2D eigenvalue weighted by molar-refractivity contribution is -0.116. The molecule has 2 amide bonds. The summed E-state index contributed by atoms with van der Waals surface area (Å²) in [6.45, 7) is 2.85. The summed E-state index contributed by atoms with van der Waals surface area (Å²) < 4.78 is 0. The highest BCUT2D eigenvalue weighted by molar-refractivity contribution is 6.34. The van der Waals surface area contributed by atoms with Gasteiger partial charge in [0.15, 0.2) is 0 Å². The van der Waals surface area contributed by atoms with E-state index in [4.69, 9.17) is 11.6 Å². The molecule has 0 aliphatic heterocycles. The van der Waals surface area contributed by atoms with Gasteiger partial charge in [-0.15, -0.1) is 0 Å². The summed E-state index contributed by atoms with van der Waals surface area (Å²) in [5.41, 5.74) is 3.90. The second-order valence-corrected chi connectivity index (χ2v) is 8.54. The Kier molecular flexibility index (Phi) is 6.85. The average molecular weight is 452 g/mol. The summed E-state index contributed by atoms with van der Waals surface area (Å²) in [5.74, 6) is 0.409. The number of aryl methyl sites for hydroxylation is 1. The molecule has 2 N–H and O–H groups in total. The lowest BCUT2D eigenvalue weighted by Crippen LogP contribution is -2.30. The number of nitrogens with one attached hydrogen (secondary N) is 2. The molecule has 0 atom stereocenters. The molecule has 0 spiro atoms. The van der Waals surface area contributed by atoms with Crippen LogP contribution in [-0.4, -0.2) is 40.1 Å². The van der Waals surface area contributed by atoms with E-state index in [1.54, 1.807) is 36.4 Å². The first-order valence-corrected chi connectivity index (χ1v) is 11.2. The summed E-state index contributed by atoms with van der Waals surface area (Å²) in [4.78, 5) is 30.6. The molecule has 32 heavy (non-hydrogen) atoms. The second kappa shape index (κ2) is 9.96. The van der Waals surface area contributed by atoms with Crippen LogP contribution in [0.25, 0.3) is 11.3 Å². The van der Waals surface area contributed by atoms with E-state index in [-0.39, 0.29) is 11.8 Å². The largest absolute Gasteiger partial charge is 0.352 e. The van der Waals surface area contributed by atoms with Crippen LogP contribution in [0.15, 0.2) is 48.9 Å². The quantitative estimate of drug-likeness (QED) is 0.476. The van der Waals surface area contributed by atoms with Gasteiger partial charge in [-0.05, 0) is 61.4 Å². The number of hydrogen-bond donors (Lipinski definition) is 2. The van der Waals surface area contributed by atoms with Gasteiger partial charge in [0.2, 0.25) is 5.91 Å². The van der Waals surface area contributed by atoms with Gasteiger partial charge in [-0.25, -0.2) is 0 Å². The smallest absolute Gasteiger partial charge is 0.252 e. The van der Waals surface area contributed by atoms with Crippen molar-refractivity contribution in [2.24, 2.45) is 5.92 Å². The number of carbonyl (C=O) groups excluding carboxylic acids is 2. The molecule has 0 bridgehead atoms. The summed E-state index contributed by atoms with van der Waals surface area (Å²) in [6.07, 6.45) is 9.22. The summed E-state index contributed by atoms with van der Waals surface area (Å²) in [7, 11) is 0. The Morgan fingerprint density at radius 2 is 2.06 bits per heavy atom. The summed E-state index contributed by atoms with van der Waals surface area (Å²) >= 11 is 6.52. The zero-order chi connectivity index (χ0) is 22.5. The normalized spacial score (nSPS) is 13.1. The minimum atomic E-state index is -0.151. The standard InChI is InChI=1S/C24H26ClN5O2/c1-16(31)30(15-17-4-5-17)23-9-7-19(11-21(23)25)22-8-6-20(14-27-22)24(32)26-10-2-3-18-12-28-29-13-18/h6-9,11-14,17H,2-5,10,15H2,1H3,(H,26,32)(H,28,29). The van der Waals surface area contributed by atoms with Gasteiger partial charge in [-0.1, -0.05) is 17.7 Å². The fourth-order valence-electron chi connectivity index (χ4n) is 3.55. The molecule has 1 aliphatic rings. The third-order valence-electron chi connectivity index (χ3n) is 5.56. The van der Waals surface area contributed by atoms with Crippen LogP contribution >= 0.6 is 11.6 Å². The molecule has 0 unspecified atom stereocenters. The number of halogens is 1. The summed E-state index contributed by atoms with van der Waals surface area (Å²) in [6, 6.07) is 9.15. The molecule has 1 aliphatic carbocycles. The van der Waals surface area contributed by atoms with Gasteiger partial charge in [0, 0.05) is 38.0 Å². The van der Waals surface area contributed by atoms with Crippen LogP contribution in [0.1, 0.15) is 42.1 Å². The number of anilines is 1.